The molecule has 0 saturated carbocycles. The summed E-state index contributed by atoms with van der Waals surface area (Å²) in [7, 11) is 0. The quantitative estimate of drug-likeness (QED) is 0.837. The first-order valence-electron chi connectivity index (χ1n) is 7.73. The summed E-state index contributed by atoms with van der Waals surface area (Å²) in [6.45, 7) is 8.11. The molecule has 0 saturated heterocycles. The van der Waals surface area contributed by atoms with Crippen molar-refractivity contribution in [3.05, 3.63) is 33.9 Å². The standard InChI is InChI=1S/C16H20N4O3S/c1-9-6-17-15-20(14(9)22)7-10(8-24-15)13(21)18-12-5-11(19-23-12)16(2,3)4/h5-6,10H,7-8H2,1-4H3,(H,18,21). The van der Waals surface area contributed by atoms with Gasteiger partial charge in [0.1, 0.15) is 0 Å². The van der Waals surface area contributed by atoms with Gasteiger partial charge in [-0.15, -0.1) is 0 Å². The van der Waals surface area contributed by atoms with Crippen molar-refractivity contribution in [3.63, 3.8) is 0 Å². The van der Waals surface area contributed by atoms with Gasteiger partial charge in [0.25, 0.3) is 5.56 Å². The average Bonchev–Trinajstić information content (AvgIpc) is 2.99. The molecule has 24 heavy (non-hydrogen) atoms. The van der Waals surface area contributed by atoms with Gasteiger partial charge in [0, 0.05) is 35.5 Å². The second kappa shape index (κ2) is 6.08. The number of rotatable bonds is 2. The number of fused-ring (bicyclic) bond motifs is 1. The van der Waals surface area contributed by atoms with Gasteiger partial charge in [-0.05, 0) is 6.92 Å². The van der Waals surface area contributed by atoms with Gasteiger partial charge in [-0.25, -0.2) is 4.98 Å². The summed E-state index contributed by atoms with van der Waals surface area (Å²) >= 11 is 1.41. The van der Waals surface area contributed by atoms with E-state index in [1.807, 2.05) is 20.8 Å². The van der Waals surface area contributed by atoms with E-state index in [0.717, 1.165) is 5.69 Å². The van der Waals surface area contributed by atoms with Crippen molar-refractivity contribution in [2.24, 2.45) is 5.92 Å². The topological polar surface area (TPSA) is 90.0 Å². The minimum atomic E-state index is -0.327. The summed E-state index contributed by atoms with van der Waals surface area (Å²) in [4.78, 5) is 28.9. The summed E-state index contributed by atoms with van der Waals surface area (Å²) in [5.41, 5.74) is 1.10. The van der Waals surface area contributed by atoms with Crippen LogP contribution in [0.25, 0.3) is 0 Å². The van der Waals surface area contributed by atoms with Gasteiger partial charge in [-0.3, -0.25) is 19.5 Å². The lowest BCUT2D eigenvalue weighted by Crippen LogP contribution is -2.37. The first kappa shape index (κ1) is 16.8. The van der Waals surface area contributed by atoms with Gasteiger partial charge >= 0.3 is 0 Å². The van der Waals surface area contributed by atoms with Crippen LogP contribution in [0.3, 0.4) is 0 Å². The van der Waals surface area contributed by atoms with Gasteiger partial charge in [0.05, 0.1) is 11.6 Å². The first-order valence-corrected chi connectivity index (χ1v) is 8.71. The van der Waals surface area contributed by atoms with E-state index in [1.165, 1.54) is 11.8 Å². The summed E-state index contributed by atoms with van der Waals surface area (Å²) in [5, 5.41) is 7.40. The molecular weight excluding hydrogens is 328 g/mol. The van der Waals surface area contributed by atoms with E-state index < -0.39 is 0 Å². The molecule has 0 spiro atoms. The molecule has 0 fully saturated rings. The van der Waals surface area contributed by atoms with E-state index in [1.54, 1.807) is 23.8 Å². The fourth-order valence-electron chi connectivity index (χ4n) is 2.37. The second-order valence-corrected chi connectivity index (χ2v) is 7.95. The van der Waals surface area contributed by atoms with E-state index in [9.17, 15) is 9.59 Å². The number of anilines is 1. The zero-order valence-electron chi connectivity index (χ0n) is 14.1. The van der Waals surface area contributed by atoms with Gasteiger partial charge < -0.3 is 4.52 Å². The Morgan fingerprint density at radius 2 is 2.21 bits per heavy atom. The number of nitrogens with zero attached hydrogens (tertiary/aromatic N) is 3. The lowest BCUT2D eigenvalue weighted by molar-refractivity contribution is -0.119. The number of nitrogens with one attached hydrogen (secondary N) is 1. The van der Waals surface area contributed by atoms with Crippen molar-refractivity contribution in [2.45, 2.75) is 44.8 Å². The lowest BCUT2D eigenvalue weighted by atomic mass is 9.92. The van der Waals surface area contributed by atoms with Crippen LogP contribution in [0.5, 0.6) is 0 Å². The fraction of sp³-hybridized carbons (Fsp3) is 0.500. The molecule has 3 rings (SSSR count). The van der Waals surface area contributed by atoms with Crippen LogP contribution in [0.15, 0.2) is 26.7 Å². The number of amides is 1. The summed E-state index contributed by atoms with van der Waals surface area (Å²) in [6.07, 6.45) is 1.57. The number of hydrogen-bond donors (Lipinski definition) is 1. The van der Waals surface area contributed by atoms with E-state index >= 15 is 0 Å². The van der Waals surface area contributed by atoms with Gasteiger partial charge in [0.2, 0.25) is 11.8 Å². The summed E-state index contributed by atoms with van der Waals surface area (Å²) < 4.78 is 6.76. The molecule has 8 heteroatoms. The molecule has 1 N–H and O–H groups in total. The van der Waals surface area contributed by atoms with Crippen molar-refractivity contribution >= 4 is 23.6 Å². The molecule has 2 aromatic rings. The Hall–Kier alpha value is -2.09. The normalized spacial score (nSPS) is 17.4. The Bertz CT molecular complexity index is 835. The van der Waals surface area contributed by atoms with Crippen LogP contribution in [0.4, 0.5) is 5.88 Å². The lowest BCUT2D eigenvalue weighted by Gasteiger charge is -2.23. The third-order valence-corrected chi connectivity index (χ3v) is 5.05. The molecule has 0 aliphatic carbocycles. The number of hydrogen-bond acceptors (Lipinski definition) is 6. The highest BCUT2D eigenvalue weighted by Gasteiger charge is 2.28. The molecule has 0 radical (unpaired) electrons. The molecule has 7 nitrogen and oxygen atoms in total. The average molecular weight is 348 g/mol. The Balaban J connectivity index is 1.74. The maximum atomic E-state index is 12.5. The van der Waals surface area contributed by atoms with Crippen LogP contribution >= 0.6 is 11.8 Å². The molecule has 1 amide bonds. The van der Waals surface area contributed by atoms with Crippen LogP contribution < -0.4 is 10.9 Å². The Morgan fingerprint density at radius 1 is 1.46 bits per heavy atom. The van der Waals surface area contributed by atoms with Gasteiger partial charge in [-0.1, -0.05) is 37.7 Å². The highest BCUT2D eigenvalue weighted by atomic mass is 32.2. The van der Waals surface area contributed by atoms with Crippen molar-refractivity contribution in [1.29, 1.82) is 0 Å². The van der Waals surface area contributed by atoms with Crippen LogP contribution in [0.1, 0.15) is 32.0 Å². The van der Waals surface area contributed by atoms with Gasteiger partial charge in [0.15, 0.2) is 5.16 Å². The molecule has 1 aliphatic rings. The Morgan fingerprint density at radius 3 is 2.88 bits per heavy atom. The van der Waals surface area contributed by atoms with Crippen molar-refractivity contribution in [3.8, 4) is 0 Å². The molecular formula is C16H20N4O3S. The summed E-state index contributed by atoms with van der Waals surface area (Å²) in [5.74, 6) is 0.391. The van der Waals surface area contributed by atoms with Crippen LogP contribution in [0.2, 0.25) is 0 Å². The predicted octanol–water partition coefficient (Wildman–Crippen LogP) is 2.20. The number of aryl methyl sites for hydroxylation is 1. The molecule has 1 unspecified atom stereocenters. The number of thioether (sulfide) groups is 1. The number of aromatic nitrogens is 3. The van der Waals surface area contributed by atoms with Crippen molar-refractivity contribution < 1.29 is 9.32 Å². The molecule has 1 aliphatic heterocycles. The third-order valence-electron chi connectivity index (χ3n) is 3.89. The Kier molecular flexibility index (Phi) is 4.25. The molecule has 2 aromatic heterocycles. The minimum absolute atomic E-state index is 0.0975. The number of carbonyl (C=O) groups is 1. The molecule has 0 bridgehead atoms. The van der Waals surface area contributed by atoms with E-state index in [4.69, 9.17) is 4.52 Å². The van der Waals surface area contributed by atoms with Crippen molar-refractivity contribution in [1.82, 2.24) is 14.7 Å². The molecule has 0 aromatic carbocycles. The molecule has 3 heterocycles. The second-order valence-electron chi connectivity index (χ2n) is 6.96. The maximum Gasteiger partial charge on any atom is 0.257 e. The SMILES string of the molecule is Cc1cnc2n(c1=O)CC(C(=O)Nc1cc(C(C)(C)C)no1)CS2. The fourth-order valence-corrected chi connectivity index (χ4v) is 3.42. The smallest absolute Gasteiger partial charge is 0.257 e. The molecule has 1 atom stereocenters. The highest BCUT2D eigenvalue weighted by Crippen LogP contribution is 2.27. The maximum absolute atomic E-state index is 12.5. The van der Waals surface area contributed by atoms with E-state index in [0.29, 0.717) is 28.9 Å². The largest absolute Gasteiger partial charge is 0.338 e. The van der Waals surface area contributed by atoms with Crippen LogP contribution in [-0.4, -0.2) is 26.4 Å². The third kappa shape index (κ3) is 3.24. The first-order chi connectivity index (χ1) is 11.3. The number of carbonyl (C=O) groups excluding carboxylic acids is 1. The zero-order chi connectivity index (χ0) is 17.5. The summed E-state index contributed by atoms with van der Waals surface area (Å²) in [6, 6.07) is 1.74. The minimum Gasteiger partial charge on any atom is -0.338 e. The van der Waals surface area contributed by atoms with E-state index in [-0.39, 0.29) is 22.8 Å². The monoisotopic (exact) mass is 348 g/mol. The Labute approximate surface area is 143 Å². The van der Waals surface area contributed by atoms with Crippen LogP contribution in [-0.2, 0) is 16.8 Å². The van der Waals surface area contributed by atoms with Crippen LogP contribution in [0, 0.1) is 12.8 Å². The van der Waals surface area contributed by atoms with Gasteiger partial charge in [-0.2, -0.15) is 0 Å². The predicted molar refractivity (Wildman–Crippen MR) is 91.3 cm³/mol. The highest BCUT2D eigenvalue weighted by molar-refractivity contribution is 7.99. The zero-order valence-corrected chi connectivity index (χ0v) is 14.9. The van der Waals surface area contributed by atoms with Crippen molar-refractivity contribution in [2.75, 3.05) is 11.1 Å². The van der Waals surface area contributed by atoms with E-state index in [2.05, 4.69) is 15.5 Å². The molecule has 128 valence electrons.